The molecule has 0 saturated carbocycles. The molecule has 3 aromatic carbocycles. The van der Waals surface area contributed by atoms with Crippen LogP contribution >= 0.6 is 23.2 Å². The summed E-state index contributed by atoms with van der Waals surface area (Å²) in [7, 11) is 0. The Morgan fingerprint density at radius 2 is 1.68 bits per heavy atom. The molecule has 0 aliphatic carbocycles. The standard InChI is InChI=1S/C23H13Cl2F2NO3/c24-16-7-3-1-6-14(16)12-30-21-8-4-2-5-13(21)9-20-23(29)31-22(28-20)15-10-18(26)19(27)11-17(15)25/h1-11H,12H2. The molecule has 0 aromatic heterocycles. The number of halogens is 4. The van der Waals surface area contributed by atoms with Crippen molar-refractivity contribution in [3.8, 4) is 5.75 Å². The summed E-state index contributed by atoms with van der Waals surface area (Å²) in [6, 6.07) is 15.9. The Bertz CT molecular complexity index is 1240. The van der Waals surface area contributed by atoms with Crippen LogP contribution < -0.4 is 4.74 Å². The maximum absolute atomic E-state index is 13.6. The van der Waals surface area contributed by atoms with Crippen molar-refractivity contribution in [3.63, 3.8) is 0 Å². The molecule has 0 fully saturated rings. The first-order valence-corrected chi connectivity index (χ1v) is 9.80. The van der Waals surface area contributed by atoms with E-state index >= 15 is 0 Å². The summed E-state index contributed by atoms with van der Waals surface area (Å²) >= 11 is 12.1. The van der Waals surface area contributed by atoms with Crippen LogP contribution in [0.4, 0.5) is 8.78 Å². The lowest BCUT2D eigenvalue weighted by Gasteiger charge is -2.10. The predicted molar refractivity (Wildman–Crippen MR) is 114 cm³/mol. The monoisotopic (exact) mass is 459 g/mol. The largest absolute Gasteiger partial charge is 0.488 e. The number of cyclic esters (lactones) is 1. The second-order valence-corrected chi connectivity index (χ2v) is 7.31. The summed E-state index contributed by atoms with van der Waals surface area (Å²) in [4.78, 5) is 16.4. The van der Waals surface area contributed by atoms with Crippen molar-refractivity contribution < 1.29 is 23.0 Å². The molecule has 0 unspecified atom stereocenters. The van der Waals surface area contributed by atoms with E-state index in [1.807, 2.05) is 18.2 Å². The first-order valence-electron chi connectivity index (χ1n) is 9.05. The van der Waals surface area contributed by atoms with Gasteiger partial charge in [-0.1, -0.05) is 59.6 Å². The Kier molecular flexibility index (Phi) is 6.02. The van der Waals surface area contributed by atoms with Crippen molar-refractivity contribution in [3.05, 3.63) is 105 Å². The fraction of sp³-hybridized carbons (Fsp3) is 0.0435. The number of nitrogens with zero attached hydrogens (tertiary/aromatic N) is 1. The average molecular weight is 460 g/mol. The van der Waals surface area contributed by atoms with E-state index in [0.29, 0.717) is 16.3 Å². The van der Waals surface area contributed by atoms with Crippen LogP contribution in [0.15, 0.2) is 71.4 Å². The van der Waals surface area contributed by atoms with Gasteiger partial charge in [-0.2, -0.15) is 0 Å². The number of hydrogen-bond acceptors (Lipinski definition) is 4. The van der Waals surface area contributed by atoms with Crippen LogP contribution in [0, 0.1) is 11.6 Å². The zero-order valence-corrected chi connectivity index (χ0v) is 17.3. The summed E-state index contributed by atoms with van der Waals surface area (Å²) in [5, 5.41) is 0.450. The minimum absolute atomic E-state index is 0.0272. The number of carbonyl (C=O) groups excluding carboxylic acids is 1. The molecular weight excluding hydrogens is 447 g/mol. The molecule has 0 bridgehead atoms. The number of hydrogen-bond donors (Lipinski definition) is 0. The third-order valence-corrected chi connectivity index (χ3v) is 5.09. The van der Waals surface area contributed by atoms with Crippen LogP contribution in [0.1, 0.15) is 16.7 Å². The van der Waals surface area contributed by atoms with E-state index in [0.717, 1.165) is 17.7 Å². The molecule has 0 atom stereocenters. The number of aliphatic imine (C=N–C) groups is 1. The minimum atomic E-state index is -1.13. The first-order chi connectivity index (χ1) is 14.9. The zero-order valence-electron chi connectivity index (χ0n) is 15.7. The predicted octanol–water partition coefficient (Wildman–Crippen LogP) is 6.20. The normalized spacial score (nSPS) is 14.5. The molecule has 8 heteroatoms. The van der Waals surface area contributed by atoms with Gasteiger partial charge < -0.3 is 9.47 Å². The molecule has 0 radical (unpaired) electrons. The minimum Gasteiger partial charge on any atom is -0.488 e. The molecule has 4 nitrogen and oxygen atoms in total. The number of ether oxygens (including phenoxy) is 2. The van der Waals surface area contributed by atoms with Gasteiger partial charge in [-0.25, -0.2) is 18.6 Å². The number of carbonyl (C=O) groups is 1. The Morgan fingerprint density at radius 1 is 0.968 bits per heavy atom. The van der Waals surface area contributed by atoms with E-state index < -0.39 is 17.6 Å². The molecule has 4 rings (SSSR count). The van der Waals surface area contributed by atoms with E-state index in [4.69, 9.17) is 32.7 Å². The molecule has 31 heavy (non-hydrogen) atoms. The van der Waals surface area contributed by atoms with Crippen LogP contribution in [-0.2, 0) is 16.1 Å². The van der Waals surface area contributed by atoms with Crippen molar-refractivity contribution in [2.75, 3.05) is 0 Å². The highest BCUT2D eigenvalue weighted by Crippen LogP contribution is 2.28. The molecule has 3 aromatic rings. The Balaban J connectivity index is 1.62. The highest BCUT2D eigenvalue weighted by molar-refractivity contribution is 6.34. The smallest absolute Gasteiger partial charge is 0.363 e. The van der Waals surface area contributed by atoms with E-state index in [2.05, 4.69) is 4.99 Å². The van der Waals surface area contributed by atoms with Crippen molar-refractivity contribution in [1.29, 1.82) is 0 Å². The quantitative estimate of drug-likeness (QED) is 0.259. The van der Waals surface area contributed by atoms with Crippen molar-refractivity contribution in [2.24, 2.45) is 4.99 Å². The van der Waals surface area contributed by atoms with Crippen molar-refractivity contribution in [2.45, 2.75) is 6.61 Å². The van der Waals surface area contributed by atoms with Gasteiger partial charge in [0.15, 0.2) is 17.3 Å². The van der Waals surface area contributed by atoms with Crippen LogP contribution in [0.5, 0.6) is 5.75 Å². The summed E-state index contributed by atoms with van der Waals surface area (Å²) in [5.74, 6) is -2.71. The van der Waals surface area contributed by atoms with Gasteiger partial charge in [0.25, 0.3) is 0 Å². The number of para-hydroxylation sites is 1. The molecule has 0 N–H and O–H groups in total. The second-order valence-electron chi connectivity index (χ2n) is 6.50. The van der Waals surface area contributed by atoms with Gasteiger partial charge in [-0.15, -0.1) is 0 Å². The average Bonchev–Trinajstić information content (AvgIpc) is 3.11. The molecular formula is C23H13Cl2F2NO3. The maximum Gasteiger partial charge on any atom is 0.363 e. The molecule has 0 saturated heterocycles. The van der Waals surface area contributed by atoms with E-state index in [1.54, 1.807) is 30.3 Å². The second kappa shape index (κ2) is 8.88. The van der Waals surface area contributed by atoms with E-state index in [9.17, 15) is 13.6 Å². The van der Waals surface area contributed by atoms with Gasteiger partial charge in [-0.3, -0.25) is 0 Å². The first kappa shape index (κ1) is 21.0. The molecule has 1 heterocycles. The van der Waals surface area contributed by atoms with Crippen molar-refractivity contribution in [1.82, 2.24) is 0 Å². The number of rotatable bonds is 5. The van der Waals surface area contributed by atoms with Gasteiger partial charge >= 0.3 is 5.97 Å². The van der Waals surface area contributed by atoms with Crippen LogP contribution in [0.25, 0.3) is 6.08 Å². The number of esters is 1. The Labute approximate surface area is 186 Å². The summed E-state index contributed by atoms with van der Waals surface area (Å²) in [6.45, 7) is 0.225. The molecule has 156 valence electrons. The van der Waals surface area contributed by atoms with Gasteiger partial charge in [0.2, 0.25) is 5.90 Å². The third-order valence-electron chi connectivity index (χ3n) is 4.41. The van der Waals surface area contributed by atoms with Crippen LogP contribution in [-0.4, -0.2) is 11.9 Å². The molecule has 1 aliphatic heterocycles. The Morgan fingerprint density at radius 3 is 2.48 bits per heavy atom. The SMILES string of the molecule is O=C1OC(c2cc(F)c(F)cc2Cl)=NC1=Cc1ccccc1OCc1ccccc1Cl. The summed E-state index contributed by atoms with van der Waals surface area (Å²) in [5.41, 5.74) is 1.31. The highest BCUT2D eigenvalue weighted by atomic mass is 35.5. The highest BCUT2D eigenvalue weighted by Gasteiger charge is 2.27. The lowest BCUT2D eigenvalue weighted by molar-refractivity contribution is -0.129. The van der Waals surface area contributed by atoms with Gasteiger partial charge in [0, 0.05) is 16.1 Å². The topological polar surface area (TPSA) is 47.9 Å². The zero-order chi connectivity index (χ0) is 22.0. The fourth-order valence-corrected chi connectivity index (χ4v) is 3.28. The van der Waals surface area contributed by atoms with Crippen molar-refractivity contribution >= 4 is 41.1 Å². The maximum atomic E-state index is 13.6. The molecule has 1 aliphatic rings. The third kappa shape index (κ3) is 4.60. The van der Waals surface area contributed by atoms with Crippen LogP contribution in [0.2, 0.25) is 10.0 Å². The number of benzene rings is 3. The molecule has 0 spiro atoms. The van der Waals surface area contributed by atoms with Gasteiger partial charge in [-0.05, 0) is 30.3 Å². The fourth-order valence-electron chi connectivity index (χ4n) is 2.86. The Hall–Kier alpha value is -3.22. The lowest BCUT2D eigenvalue weighted by atomic mass is 10.1. The van der Waals surface area contributed by atoms with Gasteiger partial charge in [0.05, 0.1) is 10.6 Å². The lowest BCUT2D eigenvalue weighted by Crippen LogP contribution is -2.07. The summed E-state index contributed by atoms with van der Waals surface area (Å²) < 4.78 is 37.9. The molecule has 0 amide bonds. The summed E-state index contributed by atoms with van der Waals surface area (Å²) in [6.07, 6.45) is 1.48. The van der Waals surface area contributed by atoms with Gasteiger partial charge in [0.1, 0.15) is 12.4 Å². The van der Waals surface area contributed by atoms with E-state index in [-0.39, 0.29) is 28.8 Å². The van der Waals surface area contributed by atoms with Crippen LogP contribution in [0.3, 0.4) is 0 Å². The van der Waals surface area contributed by atoms with E-state index in [1.165, 1.54) is 6.08 Å².